The van der Waals surface area contributed by atoms with E-state index in [9.17, 15) is 4.79 Å². The minimum absolute atomic E-state index is 0.175. The predicted octanol–water partition coefficient (Wildman–Crippen LogP) is 0.726. The summed E-state index contributed by atoms with van der Waals surface area (Å²) >= 11 is 0. The first-order valence-electron chi connectivity index (χ1n) is 4.19. The molecule has 0 saturated heterocycles. The third-order valence-electron chi connectivity index (χ3n) is 1.18. The summed E-state index contributed by atoms with van der Waals surface area (Å²) in [4.78, 5) is 11.0. The van der Waals surface area contributed by atoms with Gasteiger partial charge in [0, 0.05) is 7.11 Å². The number of ether oxygens (including phenoxy) is 2. The van der Waals surface area contributed by atoms with E-state index < -0.39 is 0 Å². The smallest absolute Gasteiger partial charge is 0.228 e. The van der Waals surface area contributed by atoms with E-state index in [0.29, 0.717) is 6.61 Å². The molecule has 0 aliphatic rings. The predicted molar refractivity (Wildman–Crippen MR) is 50.0 cm³/mol. The lowest BCUT2D eigenvalue weighted by Gasteiger charge is -2.18. The fraction of sp³-hybridized carbons (Fsp3) is 0.778. The average Bonchev–Trinajstić information content (AvgIpc) is 1.98. The van der Waals surface area contributed by atoms with E-state index in [4.69, 9.17) is 4.74 Å². The summed E-state index contributed by atoms with van der Waals surface area (Å²) < 4.78 is 9.99. The molecule has 1 amide bonds. The molecular formula is C9H18NO3. The van der Waals surface area contributed by atoms with Crippen molar-refractivity contribution in [2.75, 3.05) is 20.4 Å². The molecule has 0 saturated carbocycles. The van der Waals surface area contributed by atoms with Gasteiger partial charge in [-0.15, -0.1) is 0 Å². The van der Waals surface area contributed by atoms with Crippen LogP contribution in [0.1, 0.15) is 20.8 Å². The summed E-state index contributed by atoms with van der Waals surface area (Å²) in [7, 11) is 1.52. The Kier molecular flexibility index (Phi) is 5.66. The van der Waals surface area contributed by atoms with Gasteiger partial charge in [0.2, 0.25) is 5.91 Å². The third kappa shape index (κ3) is 9.30. The molecule has 1 N–H and O–H groups in total. The Morgan fingerprint density at radius 3 is 2.54 bits per heavy atom. The van der Waals surface area contributed by atoms with Crippen LogP contribution < -0.4 is 5.32 Å². The number of rotatable bonds is 5. The Hall–Kier alpha value is -0.610. The monoisotopic (exact) mass is 188 g/mol. The number of amides is 1. The minimum atomic E-state index is -0.210. The standard InChI is InChI=1S/C9H18NO3/c1-9(2,3)13-6-5-8(11)10-7-12-4/h5H,6-7H2,1-4H3,(H,10,11). The van der Waals surface area contributed by atoms with Crippen molar-refractivity contribution in [1.29, 1.82) is 0 Å². The quantitative estimate of drug-likeness (QED) is 0.647. The van der Waals surface area contributed by atoms with E-state index in [1.165, 1.54) is 13.5 Å². The van der Waals surface area contributed by atoms with Gasteiger partial charge in [-0.1, -0.05) is 0 Å². The molecule has 0 aliphatic carbocycles. The van der Waals surface area contributed by atoms with Gasteiger partial charge in [-0.2, -0.15) is 0 Å². The average molecular weight is 188 g/mol. The highest BCUT2D eigenvalue weighted by molar-refractivity contribution is 5.84. The van der Waals surface area contributed by atoms with Crippen LogP contribution in [-0.4, -0.2) is 32.0 Å². The van der Waals surface area contributed by atoms with E-state index in [-0.39, 0.29) is 18.2 Å². The highest BCUT2D eigenvalue weighted by Gasteiger charge is 2.10. The first-order valence-corrected chi connectivity index (χ1v) is 4.19. The van der Waals surface area contributed by atoms with Gasteiger partial charge in [-0.25, -0.2) is 0 Å². The van der Waals surface area contributed by atoms with Crippen LogP contribution in [0, 0.1) is 6.42 Å². The molecule has 0 heterocycles. The van der Waals surface area contributed by atoms with Crippen LogP contribution in [0.4, 0.5) is 0 Å². The molecule has 0 atom stereocenters. The van der Waals surface area contributed by atoms with Crippen molar-refractivity contribution in [3.05, 3.63) is 6.42 Å². The number of methoxy groups -OCH3 is 1. The molecule has 0 bridgehead atoms. The Labute approximate surface area is 79.6 Å². The fourth-order valence-corrected chi connectivity index (χ4v) is 0.583. The SMILES string of the molecule is COCNC(=O)[CH]COC(C)(C)C. The Bertz CT molecular complexity index is 151. The second kappa shape index (κ2) is 5.94. The number of carbonyl (C=O) groups excluding carboxylic acids is 1. The van der Waals surface area contributed by atoms with Gasteiger partial charge in [0.05, 0.1) is 18.6 Å². The van der Waals surface area contributed by atoms with Gasteiger partial charge in [0.1, 0.15) is 6.73 Å². The van der Waals surface area contributed by atoms with Crippen LogP contribution in [0.25, 0.3) is 0 Å². The van der Waals surface area contributed by atoms with E-state index in [2.05, 4.69) is 10.1 Å². The van der Waals surface area contributed by atoms with Gasteiger partial charge in [-0.3, -0.25) is 4.79 Å². The third-order valence-corrected chi connectivity index (χ3v) is 1.18. The van der Waals surface area contributed by atoms with Crippen LogP contribution in [0.5, 0.6) is 0 Å². The Morgan fingerprint density at radius 1 is 1.46 bits per heavy atom. The lowest BCUT2D eigenvalue weighted by molar-refractivity contribution is -0.120. The van der Waals surface area contributed by atoms with E-state index in [0.717, 1.165) is 0 Å². The number of hydrogen-bond donors (Lipinski definition) is 1. The molecule has 0 aromatic rings. The highest BCUT2D eigenvalue weighted by atomic mass is 16.5. The van der Waals surface area contributed by atoms with E-state index in [1.807, 2.05) is 20.8 Å². The van der Waals surface area contributed by atoms with Crippen LogP contribution in [0.15, 0.2) is 0 Å². The van der Waals surface area contributed by atoms with Crippen molar-refractivity contribution >= 4 is 5.91 Å². The van der Waals surface area contributed by atoms with Crippen molar-refractivity contribution in [2.24, 2.45) is 0 Å². The van der Waals surface area contributed by atoms with Crippen molar-refractivity contribution in [1.82, 2.24) is 5.32 Å². The van der Waals surface area contributed by atoms with Gasteiger partial charge < -0.3 is 14.8 Å². The molecule has 0 fully saturated rings. The van der Waals surface area contributed by atoms with Gasteiger partial charge in [0.15, 0.2) is 0 Å². The molecule has 77 valence electrons. The maximum Gasteiger partial charge on any atom is 0.228 e. The van der Waals surface area contributed by atoms with Gasteiger partial charge in [-0.05, 0) is 20.8 Å². The molecule has 0 unspecified atom stereocenters. The lowest BCUT2D eigenvalue weighted by Crippen LogP contribution is -2.29. The summed E-state index contributed by atoms with van der Waals surface area (Å²) in [6.07, 6.45) is 1.45. The number of carbonyl (C=O) groups is 1. The normalized spacial score (nSPS) is 11.4. The zero-order valence-corrected chi connectivity index (χ0v) is 8.72. The van der Waals surface area contributed by atoms with E-state index >= 15 is 0 Å². The molecule has 0 aliphatic heterocycles. The van der Waals surface area contributed by atoms with Crippen LogP contribution >= 0.6 is 0 Å². The second-order valence-corrected chi connectivity index (χ2v) is 3.60. The van der Waals surface area contributed by atoms with E-state index in [1.54, 1.807) is 0 Å². The summed E-state index contributed by atoms with van der Waals surface area (Å²) in [5, 5.41) is 2.52. The zero-order valence-electron chi connectivity index (χ0n) is 8.72. The van der Waals surface area contributed by atoms with Crippen molar-refractivity contribution in [3.63, 3.8) is 0 Å². The summed E-state index contributed by atoms with van der Waals surface area (Å²) in [5.41, 5.74) is -0.210. The summed E-state index contributed by atoms with van der Waals surface area (Å²) in [5.74, 6) is -0.175. The first-order chi connectivity index (χ1) is 5.95. The summed E-state index contributed by atoms with van der Waals surface area (Å²) in [6, 6.07) is 0. The molecule has 0 aromatic carbocycles. The van der Waals surface area contributed by atoms with Crippen molar-refractivity contribution < 1.29 is 14.3 Å². The topological polar surface area (TPSA) is 47.6 Å². The largest absolute Gasteiger partial charge is 0.375 e. The van der Waals surface area contributed by atoms with Gasteiger partial charge in [0.25, 0.3) is 0 Å². The van der Waals surface area contributed by atoms with Crippen molar-refractivity contribution in [3.8, 4) is 0 Å². The molecular weight excluding hydrogens is 170 g/mol. The first kappa shape index (κ1) is 12.4. The summed E-state index contributed by atoms with van der Waals surface area (Å²) in [6.45, 7) is 6.36. The molecule has 0 aromatic heterocycles. The number of nitrogens with one attached hydrogen (secondary N) is 1. The Morgan fingerprint density at radius 2 is 2.08 bits per heavy atom. The lowest BCUT2D eigenvalue weighted by atomic mass is 10.2. The maximum atomic E-state index is 11.0. The Balaban J connectivity index is 3.37. The van der Waals surface area contributed by atoms with Crippen molar-refractivity contribution in [2.45, 2.75) is 26.4 Å². The van der Waals surface area contributed by atoms with Crippen LogP contribution in [0.3, 0.4) is 0 Å². The molecule has 13 heavy (non-hydrogen) atoms. The molecule has 1 radical (unpaired) electrons. The highest BCUT2D eigenvalue weighted by Crippen LogP contribution is 2.06. The molecule has 0 rings (SSSR count). The fourth-order valence-electron chi connectivity index (χ4n) is 0.583. The van der Waals surface area contributed by atoms with Gasteiger partial charge >= 0.3 is 0 Å². The zero-order chi connectivity index (χ0) is 10.3. The second-order valence-electron chi connectivity index (χ2n) is 3.60. The van der Waals surface area contributed by atoms with Crippen LogP contribution in [0.2, 0.25) is 0 Å². The van der Waals surface area contributed by atoms with Crippen LogP contribution in [-0.2, 0) is 14.3 Å². The molecule has 4 nitrogen and oxygen atoms in total. The number of hydrogen-bond acceptors (Lipinski definition) is 3. The minimum Gasteiger partial charge on any atom is -0.375 e. The maximum absolute atomic E-state index is 11.0. The molecule has 4 heteroatoms. The molecule has 0 spiro atoms.